The van der Waals surface area contributed by atoms with Gasteiger partial charge in [0.05, 0.1) is 34.0 Å². The summed E-state index contributed by atoms with van der Waals surface area (Å²) < 4.78 is 21.9. The van der Waals surface area contributed by atoms with E-state index in [-0.39, 0.29) is 11.9 Å². The number of rotatable bonds is 10. The van der Waals surface area contributed by atoms with Crippen molar-refractivity contribution in [3.8, 4) is 23.0 Å². The van der Waals surface area contributed by atoms with Gasteiger partial charge < -0.3 is 33.7 Å². The van der Waals surface area contributed by atoms with Crippen LogP contribution in [0.1, 0.15) is 28.8 Å². The molecule has 0 unspecified atom stereocenters. The van der Waals surface area contributed by atoms with Crippen molar-refractivity contribution in [2.45, 2.75) is 25.3 Å². The fourth-order valence-corrected chi connectivity index (χ4v) is 5.57. The van der Waals surface area contributed by atoms with E-state index in [1.54, 1.807) is 28.4 Å². The van der Waals surface area contributed by atoms with Crippen LogP contribution in [0.25, 0.3) is 10.9 Å². The minimum atomic E-state index is -0.0200. The summed E-state index contributed by atoms with van der Waals surface area (Å²) in [6, 6.07) is 19.8. The van der Waals surface area contributed by atoms with Gasteiger partial charge in [0.15, 0.2) is 23.0 Å². The summed E-state index contributed by atoms with van der Waals surface area (Å²) in [4.78, 5) is 21.8. The molecule has 3 aromatic carbocycles. The number of fused-ring (bicyclic) bond motifs is 1. The highest BCUT2D eigenvalue weighted by atomic mass is 16.5. The van der Waals surface area contributed by atoms with Gasteiger partial charge in [-0.3, -0.25) is 4.79 Å². The normalized spacial score (nSPS) is 14.2. The lowest BCUT2D eigenvalue weighted by atomic mass is 9.99. The Hall–Kier alpha value is -4.17. The number of benzene rings is 3. The molecule has 40 heavy (non-hydrogen) atoms. The van der Waals surface area contributed by atoms with Crippen LogP contribution in [0.3, 0.4) is 0 Å². The topological polar surface area (TPSA) is 76.3 Å². The Balaban J connectivity index is 1.34. The number of nitrogens with zero attached hydrogens (tertiary/aromatic N) is 2. The maximum Gasteiger partial charge on any atom is 0.260 e. The van der Waals surface area contributed by atoms with E-state index in [1.165, 1.54) is 5.56 Å². The van der Waals surface area contributed by atoms with Gasteiger partial charge in [0.25, 0.3) is 5.91 Å². The van der Waals surface area contributed by atoms with Crippen LogP contribution < -0.4 is 23.8 Å². The molecule has 1 aromatic heterocycles. The molecular formula is C32H37N3O5. The van der Waals surface area contributed by atoms with Crippen LogP contribution in [0.4, 0.5) is 5.69 Å². The zero-order chi connectivity index (χ0) is 28.1. The molecule has 210 valence electrons. The van der Waals surface area contributed by atoms with Crippen LogP contribution in [0.2, 0.25) is 0 Å². The van der Waals surface area contributed by atoms with Crippen LogP contribution in [-0.2, 0) is 6.42 Å². The quantitative estimate of drug-likeness (QED) is 0.282. The Morgan fingerprint density at radius 2 is 1.50 bits per heavy atom. The van der Waals surface area contributed by atoms with Gasteiger partial charge in [-0.15, -0.1) is 0 Å². The third-order valence-electron chi connectivity index (χ3n) is 7.77. The molecule has 0 radical (unpaired) electrons. The standard InChI is InChI=1S/C32H37N3O5/c1-37-28-11-9-22(19-30(28)39-3)13-16-34-17-14-23(15-18-34)35(24-10-12-29(38-2)31(20-24)40-4)32(36)26-21-33-27-8-6-5-7-25(26)27/h5-12,19-21,23,33H,13-18H2,1-4H3. The first-order valence-corrected chi connectivity index (χ1v) is 13.6. The number of hydrogen-bond acceptors (Lipinski definition) is 6. The van der Waals surface area contributed by atoms with Gasteiger partial charge in [-0.2, -0.15) is 0 Å². The number of methoxy groups -OCH3 is 4. The molecule has 1 saturated heterocycles. The molecule has 8 nitrogen and oxygen atoms in total. The lowest BCUT2D eigenvalue weighted by Crippen LogP contribution is -2.48. The minimum Gasteiger partial charge on any atom is -0.493 e. The smallest absolute Gasteiger partial charge is 0.260 e. The van der Waals surface area contributed by atoms with Crippen molar-refractivity contribution >= 4 is 22.5 Å². The predicted molar refractivity (Wildman–Crippen MR) is 157 cm³/mol. The molecular weight excluding hydrogens is 506 g/mol. The zero-order valence-corrected chi connectivity index (χ0v) is 23.6. The van der Waals surface area contributed by atoms with E-state index in [9.17, 15) is 4.79 Å². The summed E-state index contributed by atoms with van der Waals surface area (Å²) in [5, 5.41) is 0.922. The van der Waals surface area contributed by atoms with Gasteiger partial charge in [0.1, 0.15) is 0 Å². The molecule has 1 aliphatic heterocycles. The number of ether oxygens (including phenoxy) is 4. The lowest BCUT2D eigenvalue weighted by Gasteiger charge is -2.38. The van der Waals surface area contributed by atoms with Crippen molar-refractivity contribution < 1.29 is 23.7 Å². The SMILES string of the molecule is COc1ccc(CCN2CCC(N(C(=O)c3c[nH]c4ccccc34)c3ccc(OC)c(OC)c3)CC2)cc1OC. The molecule has 5 rings (SSSR count). The van der Waals surface area contributed by atoms with Crippen molar-refractivity contribution in [2.24, 2.45) is 0 Å². The minimum absolute atomic E-state index is 0.0200. The summed E-state index contributed by atoms with van der Waals surface area (Å²) in [7, 11) is 6.54. The number of anilines is 1. The van der Waals surface area contributed by atoms with E-state index in [0.717, 1.165) is 67.0 Å². The fraction of sp³-hybridized carbons (Fsp3) is 0.344. The van der Waals surface area contributed by atoms with Crippen molar-refractivity contribution in [1.29, 1.82) is 0 Å². The Kier molecular flexibility index (Phi) is 8.45. The van der Waals surface area contributed by atoms with Crippen LogP contribution in [0.15, 0.2) is 66.9 Å². The van der Waals surface area contributed by atoms with Crippen LogP contribution in [-0.4, -0.2) is 69.9 Å². The zero-order valence-electron chi connectivity index (χ0n) is 23.6. The number of carbonyl (C=O) groups is 1. The molecule has 2 heterocycles. The second kappa shape index (κ2) is 12.3. The highest BCUT2D eigenvalue weighted by Gasteiger charge is 2.31. The van der Waals surface area contributed by atoms with E-state index in [4.69, 9.17) is 18.9 Å². The number of piperidine rings is 1. The van der Waals surface area contributed by atoms with Crippen molar-refractivity contribution in [3.63, 3.8) is 0 Å². The molecule has 0 aliphatic carbocycles. The molecule has 0 saturated carbocycles. The number of hydrogen-bond donors (Lipinski definition) is 1. The Morgan fingerprint density at radius 1 is 0.850 bits per heavy atom. The second-order valence-corrected chi connectivity index (χ2v) is 9.97. The average molecular weight is 544 g/mol. The van der Waals surface area contributed by atoms with Gasteiger partial charge in [-0.1, -0.05) is 24.3 Å². The predicted octanol–water partition coefficient (Wildman–Crippen LogP) is 5.56. The van der Waals surface area contributed by atoms with Gasteiger partial charge in [-0.25, -0.2) is 0 Å². The van der Waals surface area contributed by atoms with E-state index in [2.05, 4.69) is 16.0 Å². The molecule has 0 spiro atoms. The number of aromatic amines is 1. The molecule has 1 aliphatic rings. The molecule has 4 aromatic rings. The van der Waals surface area contributed by atoms with Crippen molar-refractivity contribution in [2.75, 3.05) is 53.0 Å². The maximum absolute atomic E-state index is 14.2. The summed E-state index contributed by atoms with van der Waals surface area (Å²) in [6.07, 6.45) is 4.47. The van der Waals surface area contributed by atoms with Crippen molar-refractivity contribution in [1.82, 2.24) is 9.88 Å². The molecule has 1 N–H and O–H groups in total. The molecule has 0 atom stereocenters. The highest BCUT2D eigenvalue weighted by molar-refractivity contribution is 6.14. The number of nitrogens with one attached hydrogen (secondary N) is 1. The highest BCUT2D eigenvalue weighted by Crippen LogP contribution is 2.35. The fourth-order valence-electron chi connectivity index (χ4n) is 5.57. The van der Waals surface area contributed by atoms with E-state index in [1.807, 2.05) is 65.7 Å². The lowest BCUT2D eigenvalue weighted by molar-refractivity contribution is 0.0962. The second-order valence-electron chi connectivity index (χ2n) is 9.97. The van der Waals surface area contributed by atoms with Crippen molar-refractivity contribution in [3.05, 3.63) is 78.0 Å². The first kappa shape index (κ1) is 27.4. The number of amides is 1. The van der Waals surface area contributed by atoms with Crippen LogP contribution in [0.5, 0.6) is 23.0 Å². The third kappa shape index (κ3) is 5.58. The Morgan fingerprint density at radius 3 is 2.20 bits per heavy atom. The number of aromatic nitrogens is 1. The summed E-state index contributed by atoms with van der Waals surface area (Å²) >= 11 is 0. The average Bonchev–Trinajstić information content (AvgIpc) is 3.44. The summed E-state index contributed by atoms with van der Waals surface area (Å²) in [5.41, 5.74) is 3.63. The third-order valence-corrected chi connectivity index (χ3v) is 7.77. The number of carbonyl (C=O) groups excluding carboxylic acids is 1. The van der Waals surface area contributed by atoms with Crippen LogP contribution in [0, 0.1) is 0 Å². The number of likely N-dealkylation sites (tertiary alicyclic amines) is 1. The summed E-state index contributed by atoms with van der Waals surface area (Å²) in [6.45, 7) is 2.75. The van der Waals surface area contributed by atoms with Gasteiger partial charge >= 0.3 is 0 Å². The molecule has 0 bridgehead atoms. The van der Waals surface area contributed by atoms with E-state index in [0.29, 0.717) is 17.1 Å². The summed E-state index contributed by atoms with van der Waals surface area (Å²) in [5.74, 6) is 2.70. The molecule has 1 amide bonds. The Labute approximate surface area is 235 Å². The molecule has 8 heteroatoms. The van der Waals surface area contributed by atoms with Gasteiger partial charge in [0, 0.05) is 54.5 Å². The first-order valence-electron chi connectivity index (χ1n) is 13.6. The monoisotopic (exact) mass is 543 g/mol. The number of H-pyrrole nitrogens is 1. The number of para-hydroxylation sites is 1. The maximum atomic E-state index is 14.2. The largest absolute Gasteiger partial charge is 0.493 e. The molecule has 1 fully saturated rings. The first-order chi connectivity index (χ1) is 19.6. The van der Waals surface area contributed by atoms with Gasteiger partial charge in [0.2, 0.25) is 0 Å². The van der Waals surface area contributed by atoms with Crippen LogP contribution >= 0.6 is 0 Å². The Bertz CT molecular complexity index is 1460. The van der Waals surface area contributed by atoms with E-state index < -0.39 is 0 Å². The van der Waals surface area contributed by atoms with E-state index >= 15 is 0 Å². The van der Waals surface area contributed by atoms with Gasteiger partial charge in [-0.05, 0) is 55.2 Å².